The summed E-state index contributed by atoms with van der Waals surface area (Å²) in [6.45, 7) is 3.09. The van der Waals surface area contributed by atoms with Crippen LogP contribution < -0.4 is 10.6 Å². The van der Waals surface area contributed by atoms with Crippen LogP contribution in [0.15, 0.2) is 0 Å². The highest BCUT2D eigenvalue weighted by Crippen LogP contribution is 2.27. The number of carbonyl (C=O) groups is 1. The molecule has 0 radical (unpaired) electrons. The molecule has 1 saturated carbocycles. The van der Waals surface area contributed by atoms with Crippen LogP contribution in [0.1, 0.15) is 32.1 Å². The van der Waals surface area contributed by atoms with Gasteiger partial charge in [-0.25, -0.2) is 0 Å². The predicted molar refractivity (Wildman–Crippen MR) is 62.2 cm³/mol. The fourth-order valence-electron chi connectivity index (χ4n) is 2.02. The summed E-state index contributed by atoms with van der Waals surface area (Å²) in [5.74, 6) is 0.943. The van der Waals surface area contributed by atoms with Crippen LogP contribution in [0, 0.1) is 5.92 Å². The van der Waals surface area contributed by atoms with E-state index in [0.29, 0.717) is 12.6 Å². The molecule has 1 heterocycles. The van der Waals surface area contributed by atoms with Gasteiger partial charge in [0.1, 0.15) is 0 Å². The van der Waals surface area contributed by atoms with Crippen LogP contribution in [0.4, 0.5) is 0 Å². The second kappa shape index (κ2) is 6.21. The molecular weight excluding hydrogens is 204 g/mol. The van der Waals surface area contributed by atoms with Crippen molar-refractivity contribution >= 4 is 5.91 Å². The zero-order valence-electron chi connectivity index (χ0n) is 9.84. The van der Waals surface area contributed by atoms with Gasteiger partial charge in [-0.2, -0.15) is 0 Å². The summed E-state index contributed by atoms with van der Waals surface area (Å²) in [4.78, 5) is 11.4. The Morgan fingerprint density at radius 2 is 2.19 bits per heavy atom. The van der Waals surface area contributed by atoms with Crippen molar-refractivity contribution in [1.29, 1.82) is 0 Å². The van der Waals surface area contributed by atoms with Crippen LogP contribution in [-0.2, 0) is 9.53 Å². The normalized spacial score (nSPS) is 24.6. The molecule has 0 aromatic carbocycles. The van der Waals surface area contributed by atoms with Gasteiger partial charge in [-0.05, 0) is 44.6 Å². The van der Waals surface area contributed by atoms with Crippen molar-refractivity contribution in [2.24, 2.45) is 5.92 Å². The molecular formula is C12H22N2O2. The highest BCUT2D eigenvalue weighted by molar-refractivity contribution is 5.77. The molecule has 2 fully saturated rings. The molecule has 2 aliphatic rings. The zero-order valence-corrected chi connectivity index (χ0v) is 9.84. The first-order valence-electron chi connectivity index (χ1n) is 6.43. The molecule has 2 rings (SSSR count). The SMILES string of the molecule is O=C(CNCC1CC1)NCCC1CCCO1. The van der Waals surface area contributed by atoms with Gasteiger partial charge in [0.05, 0.1) is 12.6 Å². The molecule has 0 aromatic heterocycles. The third-order valence-electron chi connectivity index (χ3n) is 3.23. The van der Waals surface area contributed by atoms with E-state index in [1.165, 1.54) is 19.3 Å². The van der Waals surface area contributed by atoms with E-state index in [0.717, 1.165) is 38.5 Å². The fourth-order valence-corrected chi connectivity index (χ4v) is 2.02. The van der Waals surface area contributed by atoms with Crippen LogP contribution in [0.2, 0.25) is 0 Å². The summed E-state index contributed by atoms with van der Waals surface area (Å²) in [5, 5.41) is 6.10. The number of hydrogen-bond acceptors (Lipinski definition) is 3. The number of amides is 1. The lowest BCUT2D eigenvalue weighted by molar-refractivity contribution is -0.120. The zero-order chi connectivity index (χ0) is 11.2. The van der Waals surface area contributed by atoms with Crippen molar-refractivity contribution < 1.29 is 9.53 Å². The summed E-state index contributed by atoms with van der Waals surface area (Å²) in [6.07, 6.45) is 6.30. The summed E-state index contributed by atoms with van der Waals surface area (Å²) in [7, 11) is 0. The third-order valence-corrected chi connectivity index (χ3v) is 3.23. The fraction of sp³-hybridized carbons (Fsp3) is 0.917. The van der Waals surface area contributed by atoms with Gasteiger partial charge in [-0.3, -0.25) is 4.79 Å². The molecule has 1 amide bonds. The molecule has 0 aromatic rings. The quantitative estimate of drug-likeness (QED) is 0.671. The highest BCUT2D eigenvalue weighted by Gasteiger charge is 2.20. The maximum absolute atomic E-state index is 11.4. The molecule has 1 unspecified atom stereocenters. The summed E-state index contributed by atoms with van der Waals surface area (Å²) in [5.41, 5.74) is 0. The minimum absolute atomic E-state index is 0.110. The topological polar surface area (TPSA) is 50.4 Å². The number of rotatable bonds is 7. The third kappa shape index (κ3) is 4.49. The van der Waals surface area contributed by atoms with Crippen molar-refractivity contribution in [3.63, 3.8) is 0 Å². The molecule has 4 nitrogen and oxygen atoms in total. The lowest BCUT2D eigenvalue weighted by Crippen LogP contribution is -2.36. The molecule has 1 aliphatic carbocycles. The summed E-state index contributed by atoms with van der Waals surface area (Å²) < 4.78 is 5.49. The Morgan fingerprint density at radius 3 is 2.88 bits per heavy atom. The first-order chi connectivity index (χ1) is 7.84. The number of carbonyl (C=O) groups excluding carboxylic acids is 1. The van der Waals surface area contributed by atoms with Crippen molar-refractivity contribution in [2.45, 2.75) is 38.2 Å². The van der Waals surface area contributed by atoms with Gasteiger partial charge in [0.2, 0.25) is 5.91 Å². The second-order valence-corrected chi connectivity index (χ2v) is 4.85. The van der Waals surface area contributed by atoms with Crippen molar-refractivity contribution in [3.05, 3.63) is 0 Å². The van der Waals surface area contributed by atoms with Crippen LogP contribution in [-0.4, -0.2) is 38.3 Å². The van der Waals surface area contributed by atoms with Gasteiger partial charge in [0.25, 0.3) is 0 Å². The van der Waals surface area contributed by atoms with Gasteiger partial charge < -0.3 is 15.4 Å². The van der Waals surface area contributed by atoms with Gasteiger partial charge in [0, 0.05) is 13.2 Å². The lowest BCUT2D eigenvalue weighted by atomic mass is 10.2. The molecule has 1 atom stereocenters. The predicted octanol–water partition coefficient (Wildman–Crippen LogP) is 0.671. The first-order valence-corrected chi connectivity index (χ1v) is 6.43. The van der Waals surface area contributed by atoms with Gasteiger partial charge in [-0.1, -0.05) is 0 Å². The highest BCUT2D eigenvalue weighted by atomic mass is 16.5. The van der Waals surface area contributed by atoms with Gasteiger partial charge in [0.15, 0.2) is 0 Å². The van der Waals surface area contributed by atoms with Crippen molar-refractivity contribution in [3.8, 4) is 0 Å². The molecule has 16 heavy (non-hydrogen) atoms. The Labute approximate surface area is 97.1 Å². The van der Waals surface area contributed by atoms with E-state index in [1.54, 1.807) is 0 Å². The molecule has 1 saturated heterocycles. The van der Waals surface area contributed by atoms with Crippen molar-refractivity contribution in [2.75, 3.05) is 26.2 Å². The Kier molecular flexibility index (Phi) is 4.60. The van der Waals surface area contributed by atoms with E-state index in [-0.39, 0.29) is 5.91 Å². The molecule has 92 valence electrons. The smallest absolute Gasteiger partial charge is 0.233 e. The minimum atomic E-state index is 0.110. The Hall–Kier alpha value is -0.610. The minimum Gasteiger partial charge on any atom is -0.378 e. The number of ether oxygens (including phenoxy) is 1. The van der Waals surface area contributed by atoms with Gasteiger partial charge in [-0.15, -0.1) is 0 Å². The van der Waals surface area contributed by atoms with Crippen molar-refractivity contribution in [1.82, 2.24) is 10.6 Å². The number of hydrogen-bond donors (Lipinski definition) is 2. The molecule has 4 heteroatoms. The molecule has 0 bridgehead atoms. The van der Waals surface area contributed by atoms with E-state index >= 15 is 0 Å². The number of nitrogens with one attached hydrogen (secondary N) is 2. The lowest BCUT2D eigenvalue weighted by Gasteiger charge is -2.10. The van der Waals surface area contributed by atoms with Crippen LogP contribution >= 0.6 is 0 Å². The van der Waals surface area contributed by atoms with E-state index in [4.69, 9.17) is 4.74 Å². The monoisotopic (exact) mass is 226 g/mol. The van der Waals surface area contributed by atoms with E-state index < -0.39 is 0 Å². The molecule has 0 spiro atoms. The van der Waals surface area contributed by atoms with Crippen LogP contribution in [0.25, 0.3) is 0 Å². The summed E-state index contributed by atoms with van der Waals surface area (Å²) in [6, 6.07) is 0. The Morgan fingerprint density at radius 1 is 1.31 bits per heavy atom. The summed E-state index contributed by atoms with van der Waals surface area (Å²) >= 11 is 0. The molecule has 2 N–H and O–H groups in total. The van der Waals surface area contributed by atoms with E-state index in [2.05, 4.69) is 10.6 Å². The van der Waals surface area contributed by atoms with Crippen LogP contribution in [0.3, 0.4) is 0 Å². The van der Waals surface area contributed by atoms with Gasteiger partial charge >= 0.3 is 0 Å². The maximum atomic E-state index is 11.4. The Bertz CT molecular complexity index is 223. The van der Waals surface area contributed by atoms with E-state index in [9.17, 15) is 4.79 Å². The maximum Gasteiger partial charge on any atom is 0.233 e. The van der Waals surface area contributed by atoms with E-state index in [1.807, 2.05) is 0 Å². The largest absolute Gasteiger partial charge is 0.378 e. The Balaban J connectivity index is 1.43. The standard InChI is InChI=1S/C12H22N2O2/c15-12(9-13-8-10-3-4-10)14-6-5-11-2-1-7-16-11/h10-11,13H,1-9H2,(H,14,15). The van der Waals surface area contributed by atoms with Crippen LogP contribution in [0.5, 0.6) is 0 Å². The second-order valence-electron chi connectivity index (χ2n) is 4.85. The first kappa shape index (κ1) is 11.9. The average Bonchev–Trinajstić information content (AvgIpc) is 2.94. The average molecular weight is 226 g/mol. The molecule has 1 aliphatic heterocycles.